The van der Waals surface area contributed by atoms with Crippen LogP contribution in [0.25, 0.3) is 0 Å². The zero-order valence-electron chi connectivity index (χ0n) is 12.8. The van der Waals surface area contributed by atoms with E-state index in [9.17, 15) is 4.79 Å². The Morgan fingerprint density at radius 3 is 2.90 bits per heavy atom. The zero-order chi connectivity index (χ0) is 14.9. The van der Waals surface area contributed by atoms with Crippen LogP contribution in [0.2, 0.25) is 0 Å². The van der Waals surface area contributed by atoms with Crippen molar-refractivity contribution < 1.29 is 14.3 Å². The van der Waals surface area contributed by atoms with Gasteiger partial charge in [-0.3, -0.25) is 4.79 Å². The molecule has 1 atom stereocenters. The molecule has 2 aliphatic rings. The van der Waals surface area contributed by atoms with E-state index in [-0.39, 0.29) is 17.8 Å². The third-order valence-corrected chi connectivity index (χ3v) is 4.64. The van der Waals surface area contributed by atoms with Crippen LogP contribution in [0.15, 0.2) is 12.3 Å². The van der Waals surface area contributed by atoms with E-state index in [1.807, 2.05) is 6.92 Å². The van der Waals surface area contributed by atoms with E-state index in [1.165, 1.54) is 0 Å². The predicted molar refractivity (Wildman–Crippen MR) is 79.1 cm³/mol. The van der Waals surface area contributed by atoms with Crippen LogP contribution in [-0.2, 0) is 9.47 Å². The Kier molecular flexibility index (Phi) is 4.04. The molecule has 1 aromatic rings. The summed E-state index contributed by atoms with van der Waals surface area (Å²) in [6.07, 6.45) is 5.98. The van der Waals surface area contributed by atoms with Crippen molar-refractivity contribution in [3.8, 4) is 0 Å². The van der Waals surface area contributed by atoms with E-state index >= 15 is 0 Å². The average Bonchev–Trinajstić information content (AvgIpc) is 3.07. The van der Waals surface area contributed by atoms with Crippen LogP contribution in [0.4, 0.5) is 0 Å². The maximum Gasteiger partial charge on any atom is 0.253 e. The smallest absolute Gasteiger partial charge is 0.253 e. The molecule has 0 bridgehead atoms. The number of ether oxygens (including phenoxy) is 2. The second-order valence-corrected chi connectivity index (χ2v) is 6.37. The Bertz CT molecular complexity index is 503. The van der Waals surface area contributed by atoms with Crippen molar-refractivity contribution in [1.29, 1.82) is 0 Å². The number of rotatable bonds is 3. The van der Waals surface area contributed by atoms with Crippen molar-refractivity contribution in [3.05, 3.63) is 23.5 Å². The third-order valence-electron chi connectivity index (χ3n) is 4.64. The molecule has 0 aromatic carbocycles. The zero-order valence-corrected chi connectivity index (χ0v) is 12.8. The minimum Gasteiger partial charge on any atom is -0.365 e. The lowest BCUT2D eigenvalue weighted by Gasteiger charge is -2.34. The molecule has 0 radical (unpaired) electrons. The molecule has 1 aliphatic heterocycles. The van der Waals surface area contributed by atoms with Crippen molar-refractivity contribution in [3.63, 3.8) is 0 Å². The molecule has 2 N–H and O–H groups in total. The average molecular weight is 292 g/mol. The molecule has 5 heteroatoms. The van der Waals surface area contributed by atoms with E-state index in [0.717, 1.165) is 37.3 Å². The van der Waals surface area contributed by atoms with Crippen LogP contribution in [-0.4, -0.2) is 35.9 Å². The number of aromatic amines is 1. The maximum atomic E-state index is 12.1. The summed E-state index contributed by atoms with van der Waals surface area (Å²) in [5.74, 6) is 0.319. The standard InChI is InChI=1S/C16H24N2O3/c1-11-3-6-16(7-4-11)20-10-13(21-16)9-18-15(19)14-5-8-17-12(14)2/h5,8,11,13,17H,3-4,6-7,9-10H2,1-2H3,(H,18,19). The number of hydrogen-bond acceptors (Lipinski definition) is 3. The SMILES string of the molecule is Cc1[nH]ccc1C(=O)NCC1COC2(CCC(C)CC2)O1. The summed E-state index contributed by atoms with van der Waals surface area (Å²) in [4.78, 5) is 15.1. The second-order valence-electron chi connectivity index (χ2n) is 6.37. The molecule has 1 spiro atoms. The number of H-pyrrole nitrogens is 1. The van der Waals surface area contributed by atoms with Gasteiger partial charge in [0, 0.05) is 31.3 Å². The van der Waals surface area contributed by atoms with Crippen LogP contribution in [0.1, 0.15) is 48.7 Å². The highest BCUT2D eigenvalue weighted by Crippen LogP contribution is 2.39. The first-order valence-corrected chi connectivity index (χ1v) is 7.82. The minimum atomic E-state index is -0.383. The lowest BCUT2D eigenvalue weighted by Crippen LogP contribution is -2.38. The summed E-state index contributed by atoms with van der Waals surface area (Å²) in [6.45, 7) is 5.24. The van der Waals surface area contributed by atoms with Gasteiger partial charge in [-0.25, -0.2) is 0 Å². The van der Waals surface area contributed by atoms with Crippen LogP contribution >= 0.6 is 0 Å². The quantitative estimate of drug-likeness (QED) is 0.899. The van der Waals surface area contributed by atoms with Gasteiger partial charge in [0.15, 0.2) is 5.79 Å². The molecular formula is C16H24N2O3. The molecule has 5 nitrogen and oxygen atoms in total. The summed E-state index contributed by atoms with van der Waals surface area (Å²) < 4.78 is 12.0. The molecule has 1 aliphatic carbocycles. The van der Waals surface area contributed by atoms with Gasteiger partial charge in [-0.2, -0.15) is 0 Å². The Morgan fingerprint density at radius 1 is 1.48 bits per heavy atom. The molecule has 2 fully saturated rings. The third kappa shape index (κ3) is 3.14. The number of amides is 1. The number of aryl methyl sites for hydroxylation is 1. The molecule has 116 valence electrons. The Hall–Kier alpha value is -1.33. The van der Waals surface area contributed by atoms with Crippen molar-refractivity contribution in [1.82, 2.24) is 10.3 Å². The van der Waals surface area contributed by atoms with E-state index in [2.05, 4.69) is 17.2 Å². The molecule has 1 aromatic heterocycles. The first-order chi connectivity index (χ1) is 10.1. The fraction of sp³-hybridized carbons (Fsp3) is 0.688. The number of carbonyl (C=O) groups excluding carboxylic acids is 1. The van der Waals surface area contributed by atoms with E-state index < -0.39 is 0 Å². The number of carbonyl (C=O) groups is 1. The van der Waals surface area contributed by atoms with Crippen LogP contribution < -0.4 is 5.32 Å². The molecule has 3 rings (SSSR count). The monoisotopic (exact) mass is 292 g/mol. The molecule has 1 amide bonds. The lowest BCUT2D eigenvalue weighted by atomic mass is 9.86. The number of hydrogen-bond donors (Lipinski definition) is 2. The largest absolute Gasteiger partial charge is 0.365 e. The highest BCUT2D eigenvalue weighted by Gasteiger charge is 2.43. The maximum absolute atomic E-state index is 12.1. The van der Waals surface area contributed by atoms with Gasteiger partial charge < -0.3 is 19.8 Å². The molecule has 2 heterocycles. The van der Waals surface area contributed by atoms with Gasteiger partial charge in [-0.1, -0.05) is 6.92 Å². The van der Waals surface area contributed by atoms with Gasteiger partial charge in [-0.15, -0.1) is 0 Å². The van der Waals surface area contributed by atoms with Gasteiger partial charge in [0.2, 0.25) is 0 Å². The summed E-state index contributed by atoms with van der Waals surface area (Å²) in [6, 6.07) is 1.79. The molecular weight excluding hydrogens is 268 g/mol. The topological polar surface area (TPSA) is 63.4 Å². The first kappa shape index (κ1) is 14.6. The van der Waals surface area contributed by atoms with Crippen molar-refractivity contribution in [2.75, 3.05) is 13.2 Å². The van der Waals surface area contributed by atoms with Crippen molar-refractivity contribution in [2.45, 2.75) is 51.4 Å². The summed E-state index contributed by atoms with van der Waals surface area (Å²) >= 11 is 0. The number of nitrogens with one attached hydrogen (secondary N) is 2. The first-order valence-electron chi connectivity index (χ1n) is 7.82. The fourth-order valence-corrected chi connectivity index (χ4v) is 3.18. The van der Waals surface area contributed by atoms with E-state index in [0.29, 0.717) is 18.7 Å². The predicted octanol–water partition coefficient (Wildman–Crippen LogP) is 2.37. The van der Waals surface area contributed by atoms with Crippen molar-refractivity contribution in [2.24, 2.45) is 5.92 Å². The van der Waals surface area contributed by atoms with Gasteiger partial charge in [0.1, 0.15) is 6.10 Å². The Morgan fingerprint density at radius 2 is 2.24 bits per heavy atom. The van der Waals surface area contributed by atoms with Gasteiger partial charge in [-0.05, 0) is 31.7 Å². The number of aromatic nitrogens is 1. The van der Waals surface area contributed by atoms with Gasteiger partial charge in [0.25, 0.3) is 5.91 Å². The normalized spacial score (nSPS) is 32.5. The minimum absolute atomic E-state index is 0.0402. The summed E-state index contributed by atoms with van der Waals surface area (Å²) in [5, 5.41) is 2.93. The fourth-order valence-electron chi connectivity index (χ4n) is 3.18. The van der Waals surface area contributed by atoms with Crippen molar-refractivity contribution >= 4 is 5.91 Å². The molecule has 1 saturated carbocycles. The summed E-state index contributed by atoms with van der Waals surface area (Å²) in [7, 11) is 0. The highest BCUT2D eigenvalue weighted by molar-refractivity contribution is 5.95. The molecule has 1 saturated heterocycles. The lowest BCUT2D eigenvalue weighted by molar-refractivity contribution is -0.191. The van der Waals surface area contributed by atoms with E-state index in [4.69, 9.17) is 9.47 Å². The Labute approximate surface area is 125 Å². The van der Waals surface area contributed by atoms with E-state index in [1.54, 1.807) is 12.3 Å². The molecule has 21 heavy (non-hydrogen) atoms. The van der Waals surface area contributed by atoms with Gasteiger partial charge >= 0.3 is 0 Å². The summed E-state index contributed by atoms with van der Waals surface area (Å²) in [5.41, 5.74) is 1.57. The van der Waals surface area contributed by atoms with Crippen LogP contribution in [0.3, 0.4) is 0 Å². The van der Waals surface area contributed by atoms with Crippen LogP contribution in [0.5, 0.6) is 0 Å². The van der Waals surface area contributed by atoms with Gasteiger partial charge in [0.05, 0.1) is 12.2 Å². The second kappa shape index (κ2) is 5.81. The Balaban J connectivity index is 1.49. The van der Waals surface area contributed by atoms with Crippen LogP contribution in [0, 0.1) is 12.8 Å². The molecule has 1 unspecified atom stereocenters. The highest BCUT2D eigenvalue weighted by atomic mass is 16.7.